The summed E-state index contributed by atoms with van der Waals surface area (Å²) in [4.78, 5) is 23.8. The van der Waals surface area contributed by atoms with E-state index in [9.17, 15) is 9.59 Å². The molecule has 0 aliphatic heterocycles. The molecule has 0 fully saturated rings. The molecule has 7 nitrogen and oxygen atoms in total. The maximum atomic E-state index is 12.1. The van der Waals surface area contributed by atoms with Crippen LogP contribution in [0.4, 0.5) is 0 Å². The number of esters is 2. The van der Waals surface area contributed by atoms with Gasteiger partial charge in [-0.25, -0.2) is 0 Å². The zero-order valence-electron chi connectivity index (χ0n) is 17.4. The first-order valence-corrected chi connectivity index (χ1v) is 8.02. The van der Waals surface area contributed by atoms with Gasteiger partial charge in [-0.2, -0.15) is 0 Å². The molecule has 3 radical (unpaired) electrons. The number of carbonyl (C=O) groups excluding carboxylic acids is 2. The van der Waals surface area contributed by atoms with Gasteiger partial charge >= 0.3 is 51.0 Å². The summed E-state index contributed by atoms with van der Waals surface area (Å²) in [5, 5.41) is 0. The standard InChI is InChI=1S/C19H24O4.3CO.Fe/c1-19(2,3)16(12-11-14-9-7-6-8-10-14)15(18(21)23-5)13-17(20)22-4;3*1-2;/h6-13,15H,1-5H3;;;;/q-1;;;;+2/t15-;;;;/m0..../s1. The van der Waals surface area contributed by atoms with Crippen LogP contribution in [0.1, 0.15) is 26.3 Å². The van der Waals surface area contributed by atoms with Gasteiger partial charge in [-0.05, 0) is 35.7 Å². The SMILES string of the molecule is COC(=O)[CH-][C@@H]([C]([CH][CH]c1ccccc1)C(C)(C)C)C(=O)OC.[C-]#[O+].[C-]#[O+].[C-]#[O+].[Fe+2]. The van der Waals surface area contributed by atoms with Crippen molar-refractivity contribution in [3.63, 3.8) is 0 Å². The van der Waals surface area contributed by atoms with Gasteiger partial charge < -0.3 is 9.47 Å². The molecule has 0 aliphatic rings. The Hall–Kier alpha value is -2.23. The van der Waals surface area contributed by atoms with Crippen LogP contribution in [0.2, 0.25) is 0 Å². The van der Waals surface area contributed by atoms with Gasteiger partial charge in [0.05, 0.1) is 14.2 Å². The molecule has 0 spiro atoms. The van der Waals surface area contributed by atoms with Crippen molar-refractivity contribution in [3.8, 4) is 0 Å². The fourth-order valence-electron chi connectivity index (χ4n) is 2.19. The summed E-state index contributed by atoms with van der Waals surface area (Å²) in [5.41, 5.74) is 0.685. The van der Waals surface area contributed by atoms with Crippen molar-refractivity contribution in [1.29, 1.82) is 0 Å². The maximum absolute atomic E-state index is 12.1. The minimum atomic E-state index is -0.785. The Morgan fingerprint density at radius 2 is 1.43 bits per heavy atom. The van der Waals surface area contributed by atoms with Crippen molar-refractivity contribution in [2.75, 3.05) is 14.2 Å². The Morgan fingerprint density at radius 3 is 1.80 bits per heavy atom. The molecule has 0 saturated heterocycles. The van der Waals surface area contributed by atoms with Gasteiger partial charge in [0.1, 0.15) is 0 Å². The average Bonchev–Trinajstić information content (AvgIpc) is 2.76. The van der Waals surface area contributed by atoms with Crippen LogP contribution in [0.3, 0.4) is 0 Å². The number of carbonyl (C=O) groups is 2. The third-order valence-electron chi connectivity index (χ3n) is 3.42. The third kappa shape index (κ3) is 14.7. The second-order valence-electron chi connectivity index (χ2n) is 6.14. The molecule has 1 atom stereocenters. The second kappa shape index (κ2) is 21.5. The van der Waals surface area contributed by atoms with Crippen molar-refractivity contribution >= 4 is 11.9 Å². The van der Waals surface area contributed by atoms with Crippen molar-refractivity contribution in [1.82, 2.24) is 0 Å². The van der Waals surface area contributed by atoms with Crippen LogP contribution < -0.4 is 0 Å². The van der Waals surface area contributed by atoms with E-state index >= 15 is 0 Å². The zero-order valence-corrected chi connectivity index (χ0v) is 18.5. The molecule has 0 amide bonds. The zero-order chi connectivity index (χ0) is 23.5. The van der Waals surface area contributed by atoms with E-state index in [1.165, 1.54) is 20.6 Å². The Morgan fingerprint density at radius 1 is 0.967 bits per heavy atom. The van der Waals surface area contributed by atoms with Gasteiger partial charge in [0.2, 0.25) is 0 Å². The predicted octanol–water partition coefficient (Wildman–Crippen LogP) is 3.12. The molecule has 0 unspecified atom stereocenters. The van der Waals surface area contributed by atoms with E-state index in [1.54, 1.807) is 0 Å². The molecular weight excluding hydrogens is 432 g/mol. The topological polar surface area (TPSA) is 112 Å². The minimum Gasteiger partial charge on any atom is 2.00 e. The van der Waals surface area contributed by atoms with E-state index in [0.29, 0.717) is 0 Å². The summed E-state index contributed by atoms with van der Waals surface area (Å²) in [7, 11) is 2.59. The summed E-state index contributed by atoms with van der Waals surface area (Å²) in [5.74, 6) is -1.06. The van der Waals surface area contributed by atoms with E-state index in [4.69, 9.17) is 18.7 Å². The van der Waals surface area contributed by atoms with E-state index in [1.807, 2.05) is 63.9 Å². The number of ether oxygens (including phenoxy) is 2. The normalized spacial score (nSPS) is 9.87. The van der Waals surface area contributed by atoms with Crippen LogP contribution in [0.5, 0.6) is 0 Å². The smallest absolute Gasteiger partial charge is 2.00 e. The molecular formula is C22H24FeO7+. The van der Waals surface area contributed by atoms with Crippen LogP contribution >= 0.6 is 0 Å². The van der Waals surface area contributed by atoms with Crippen molar-refractivity contribution in [3.05, 3.63) is 81.0 Å². The molecule has 30 heavy (non-hydrogen) atoms. The monoisotopic (exact) mass is 456 g/mol. The van der Waals surface area contributed by atoms with Crippen LogP contribution in [0.25, 0.3) is 0 Å². The largest absolute Gasteiger partial charge is 2.00 e. The minimum absolute atomic E-state index is 0. The first kappa shape index (κ1) is 35.2. The van der Waals surface area contributed by atoms with Gasteiger partial charge in [0.15, 0.2) is 5.97 Å². The van der Waals surface area contributed by atoms with Crippen molar-refractivity contribution in [2.45, 2.75) is 20.8 Å². The molecule has 1 aromatic carbocycles. The molecule has 1 aromatic rings. The molecule has 0 bridgehead atoms. The Labute approximate surface area is 189 Å². The molecule has 161 valence electrons. The van der Waals surface area contributed by atoms with Crippen LogP contribution in [0.15, 0.2) is 30.3 Å². The van der Waals surface area contributed by atoms with Crippen LogP contribution in [0, 0.1) is 56.5 Å². The second-order valence-corrected chi connectivity index (χ2v) is 6.14. The van der Waals surface area contributed by atoms with Gasteiger partial charge in [0.25, 0.3) is 5.97 Å². The van der Waals surface area contributed by atoms with E-state index in [0.717, 1.165) is 11.5 Å². The van der Waals surface area contributed by atoms with E-state index < -0.39 is 17.9 Å². The predicted molar refractivity (Wildman–Crippen MR) is 100 cm³/mol. The molecule has 0 aliphatic carbocycles. The summed E-state index contributed by atoms with van der Waals surface area (Å²) >= 11 is 0. The van der Waals surface area contributed by atoms with Crippen molar-refractivity contribution in [2.24, 2.45) is 11.3 Å². The number of hydrogen-bond acceptors (Lipinski definition) is 4. The summed E-state index contributed by atoms with van der Waals surface area (Å²) in [6.45, 7) is 19.5. The summed E-state index contributed by atoms with van der Waals surface area (Å²) in [6.07, 6.45) is 5.04. The van der Waals surface area contributed by atoms with Gasteiger partial charge in [0, 0.05) is 0 Å². The number of hydrogen-bond donors (Lipinski definition) is 0. The first-order chi connectivity index (χ1) is 13.8. The first-order valence-electron chi connectivity index (χ1n) is 8.02. The molecule has 0 heterocycles. The fourth-order valence-corrected chi connectivity index (χ4v) is 2.19. The number of rotatable bonds is 7. The third-order valence-corrected chi connectivity index (χ3v) is 3.42. The Bertz CT molecular complexity index is 616. The molecule has 8 heteroatoms. The number of methoxy groups -OCH3 is 2. The summed E-state index contributed by atoms with van der Waals surface area (Å²) < 4.78 is 32.0. The molecule has 0 N–H and O–H groups in total. The summed E-state index contributed by atoms with van der Waals surface area (Å²) in [6, 6.07) is 9.75. The Balaban J connectivity index is -0.000000441. The van der Waals surface area contributed by atoms with Gasteiger partial charge in [-0.1, -0.05) is 51.1 Å². The molecule has 1 rings (SSSR count). The average molecular weight is 456 g/mol. The maximum Gasteiger partial charge on any atom is 2.00 e. The van der Waals surface area contributed by atoms with Crippen molar-refractivity contribution < 1.29 is 50.1 Å². The quantitative estimate of drug-likeness (QED) is 0.272. The Kier molecular flexibility index (Phi) is 25.2. The van der Waals surface area contributed by atoms with E-state index in [2.05, 4.69) is 24.7 Å². The van der Waals surface area contributed by atoms with Crippen LogP contribution in [-0.2, 0) is 50.1 Å². The van der Waals surface area contributed by atoms with Gasteiger partial charge in [-0.3, -0.25) is 16.0 Å². The van der Waals surface area contributed by atoms with Crippen LogP contribution in [-0.4, -0.2) is 26.2 Å². The van der Waals surface area contributed by atoms with E-state index in [-0.39, 0.29) is 22.5 Å². The molecule has 0 aromatic heterocycles. The molecule has 0 saturated carbocycles. The number of benzene rings is 1. The fraction of sp³-hybridized carbons (Fsp3) is 0.318. The van der Waals surface area contributed by atoms with Gasteiger partial charge in [-0.15, -0.1) is 0 Å².